The number of aromatic nitrogens is 2. The average Bonchev–Trinajstić information content (AvgIpc) is 3.20. The van der Waals surface area contributed by atoms with Crippen molar-refractivity contribution in [2.24, 2.45) is 5.92 Å². The summed E-state index contributed by atoms with van der Waals surface area (Å²) in [6.07, 6.45) is 1.16. The van der Waals surface area contributed by atoms with Crippen LogP contribution in [0.4, 0.5) is 11.8 Å². The van der Waals surface area contributed by atoms with Crippen molar-refractivity contribution in [3.8, 4) is 0 Å². The molecule has 1 aromatic carbocycles. The lowest BCUT2D eigenvalue weighted by molar-refractivity contribution is 0.576. The van der Waals surface area contributed by atoms with Crippen LogP contribution in [-0.4, -0.2) is 35.6 Å². The maximum atomic E-state index is 6.12. The average molecular weight is 330 g/mol. The van der Waals surface area contributed by atoms with E-state index in [0.29, 0.717) is 22.6 Å². The maximum Gasteiger partial charge on any atom is 0.222 e. The van der Waals surface area contributed by atoms with E-state index in [4.69, 9.17) is 21.8 Å². The van der Waals surface area contributed by atoms with Crippen LogP contribution in [0, 0.1) is 5.92 Å². The smallest absolute Gasteiger partial charge is 0.222 e. The third-order valence-corrected chi connectivity index (χ3v) is 5.23. The second-order valence-corrected chi connectivity index (χ2v) is 6.73. The minimum atomic E-state index is 0.268. The molecular formula is C16H16ClN5O. The molecule has 0 saturated carbocycles. The molecule has 7 heteroatoms. The summed E-state index contributed by atoms with van der Waals surface area (Å²) in [7, 11) is 0. The fraction of sp³-hybridized carbons (Fsp3) is 0.375. The van der Waals surface area contributed by atoms with Crippen molar-refractivity contribution in [2.75, 3.05) is 30.3 Å². The minimum Gasteiger partial charge on any atom is -0.450 e. The van der Waals surface area contributed by atoms with E-state index in [1.54, 1.807) is 0 Å². The van der Waals surface area contributed by atoms with Crippen LogP contribution in [0.25, 0.3) is 22.1 Å². The summed E-state index contributed by atoms with van der Waals surface area (Å²) in [5.41, 5.74) is 8.17. The number of nitrogens with zero attached hydrogens (tertiary/aromatic N) is 3. The molecule has 3 N–H and O–H groups in total. The molecule has 3 aromatic rings. The largest absolute Gasteiger partial charge is 0.450 e. The summed E-state index contributed by atoms with van der Waals surface area (Å²) in [6, 6.07) is 5.99. The fourth-order valence-electron chi connectivity index (χ4n) is 3.93. The van der Waals surface area contributed by atoms with E-state index in [9.17, 15) is 0 Å². The lowest BCUT2D eigenvalue weighted by Crippen LogP contribution is -2.35. The molecule has 2 aliphatic heterocycles. The van der Waals surface area contributed by atoms with Crippen LogP contribution in [0.1, 0.15) is 6.42 Å². The molecule has 2 aliphatic rings. The van der Waals surface area contributed by atoms with E-state index in [1.165, 1.54) is 0 Å². The summed E-state index contributed by atoms with van der Waals surface area (Å²) >= 11 is 6.12. The molecule has 118 valence electrons. The number of nitrogen functional groups attached to an aromatic ring is 1. The van der Waals surface area contributed by atoms with Crippen LogP contribution in [0.15, 0.2) is 22.6 Å². The standard InChI is InChI=1S/C16H16ClN5O/c17-9-1-2-12-10(5-9)13-14(23-12)15(21-16(18)20-13)22-4-3-8-6-19-7-11(8)22/h1-2,5,8,11,19H,3-4,6-7H2,(H2,18,20,21)/t8-,11+/m1/s1. The second-order valence-electron chi connectivity index (χ2n) is 6.29. The molecule has 0 spiro atoms. The quantitative estimate of drug-likeness (QED) is 0.713. The number of anilines is 2. The van der Waals surface area contributed by atoms with Gasteiger partial charge in [-0.1, -0.05) is 11.6 Å². The van der Waals surface area contributed by atoms with Gasteiger partial charge in [-0.05, 0) is 30.5 Å². The van der Waals surface area contributed by atoms with E-state index in [2.05, 4.69) is 20.2 Å². The molecule has 4 heterocycles. The van der Waals surface area contributed by atoms with Crippen molar-refractivity contribution < 1.29 is 4.42 Å². The minimum absolute atomic E-state index is 0.268. The molecule has 2 fully saturated rings. The molecule has 0 aliphatic carbocycles. The first-order chi connectivity index (χ1) is 11.2. The number of hydrogen-bond donors (Lipinski definition) is 2. The predicted octanol–water partition coefficient (Wildman–Crippen LogP) is 2.41. The number of rotatable bonds is 1. The van der Waals surface area contributed by atoms with Gasteiger partial charge in [0.2, 0.25) is 5.95 Å². The van der Waals surface area contributed by atoms with Gasteiger partial charge in [0.1, 0.15) is 11.1 Å². The number of nitrogens with two attached hydrogens (primary N) is 1. The van der Waals surface area contributed by atoms with Gasteiger partial charge < -0.3 is 20.4 Å². The Kier molecular flexibility index (Phi) is 2.75. The highest BCUT2D eigenvalue weighted by Crippen LogP contribution is 2.38. The summed E-state index contributed by atoms with van der Waals surface area (Å²) < 4.78 is 6.05. The Morgan fingerprint density at radius 2 is 2.22 bits per heavy atom. The summed E-state index contributed by atoms with van der Waals surface area (Å²) in [5, 5.41) is 4.99. The first-order valence-corrected chi connectivity index (χ1v) is 8.21. The zero-order valence-electron chi connectivity index (χ0n) is 12.4. The molecule has 5 rings (SSSR count). The van der Waals surface area contributed by atoms with Crippen molar-refractivity contribution in [3.05, 3.63) is 23.2 Å². The fourth-order valence-corrected chi connectivity index (χ4v) is 4.10. The normalized spacial score (nSPS) is 24.0. The van der Waals surface area contributed by atoms with Gasteiger partial charge in [-0.25, -0.2) is 4.98 Å². The van der Waals surface area contributed by atoms with Crippen LogP contribution in [0.3, 0.4) is 0 Å². The number of hydrogen-bond acceptors (Lipinski definition) is 6. The highest BCUT2D eigenvalue weighted by atomic mass is 35.5. The van der Waals surface area contributed by atoms with E-state index in [0.717, 1.165) is 48.4 Å². The summed E-state index contributed by atoms with van der Waals surface area (Å²) in [6.45, 7) is 3.02. The number of benzene rings is 1. The molecule has 0 bridgehead atoms. The number of furan rings is 1. The molecule has 2 atom stereocenters. The van der Waals surface area contributed by atoms with E-state index in [1.807, 2.05) is 18.2 Å². The number of fused-ring (bicyclic) bond motifs is 4. The molecule has 0 radical (unpaired) electrons. The van der Waals surface area contributed by atoms with Gasteiger partial charge in [0, 0.05) is 36.1 Å². The first kappa shape index (κ1) is 13.4. The van der Waals surface area contributed by atoms with Crippen LogP contribution in [0.5, 0.6) is 0 Å². The molecule has 2 aromatic heterocycles. The molecular weight excluding hydrogens is 314 g/mol. The molecule has 0 unspecified atom stereocenters. The van der Waals surface area contributed by atoms with Gasteiger partial charge >= 0.3 is 0 Å². The van der Waals surface area contributed by atoms with E-state index < -0.39 is 0 Å². The van der Waals surface area contributed by atoms with Crippen molar-refractivity contribution in [2.45, 2.75) is 12.5 Å². The Balaban J connectivity index is 1.76. The van der Waals surface area contributed by atoms with Crippen LogP contribution in [-0.2, 0) is 0 Å². The second kappa shape index (κ2) is 4.72. The van der Waals surface area contributed by atoms with E-state index in [-0.39, 0.29) is 5.95 Å². The molecule has 23 heavy (non-hydrogen) atoms. The Bertz CT molecular complexity index is 924. The zero-order chi connectivity index (χ0) is 15.6. The Labute approximate surface area is 137 Å². The third kappa shape index (κ3) is 1.91. The Morgan fingerprint density at radius 3 is 3.13 bits per heavy atom. The van der Waals surface area contributed by atoms with E-state index >= 15 is 0 Å². The van der Waals surface area contributed by atoms with Crippen molar-refractivity contribution >= 4 is 45.4 Å². The van der Waals surface area contributed by atoms with Crippen molar-refractivity contribution in [1.82, 2.24) is 15.3 Å². The molecule has 6 nitrogen and oxygen atoms in total. The zero-order valence-corrected chi connectivity index (χ0v) is 13.2. The van der Waals surface area contributed by atoms with Crippen LogP contribution < -0.4 is 16.0 Å². The lowest BCUT2D eigenvalue weighted by atomic mass is 10.1. The van der Waals surface area contributed by atoms with Crippen molar-refractivity contribution in [3.63, 3.8) is 0 Å². The SMILES string of the molecule is Nc1nc(N2CC[C@@H]3CNC[C@@H]32)c2oc3ccc(Cl)cc3c2n1. The number of nitrogens with one attached hydrogen (secondary N) is 1. The monoisotopic (exact) mass is 329 g/mol. The van der Waals surface area contributed by atoms with Gasteiger partial charge in [-0.2, -0.15) is 4.98 Å². The molecule has 2 saturated heterocycles. The van der Waals surface area contributed by atoms with Crippen molar-refractivity contribution in [1.29, 1.82) is 0 Å². The highest BCUT2D eigenvalue weighted by molar-refractivity contribution is 6.31. The van der Waals surface area contributed by atoms with Gasteiger partial charge in [0.15, 0.2) is 11.4 Å². The van der Waals surface area contributed by atoms with Gasteiger partial charge in [-0.3, -0.25) is 0 Å². The maximum absolute atomic E-state index is 6.12. The molecule has 0 amide bonds. The number of halogens is 1. The third-order valence-electron chi connectivity index (χ3n) is 4.99. The van der Waals surface area contributed by atoms with Crippen LogP contribution in [0.2, 0.25) is 5.02 Å². The highest BCUT2D eigenvalue weighted by Gasteiger charge is 2.39. The van der Waals surface area contributed by atoms with Gasteiger partial charge in [0.25, 0.3) is 0 Å². The predicted molar refractivity (Wildman–Crippen MR) is 90.8 cm³/mol. The Morgan fingerprint density at radius 1 is 1.30 bits per heavy atom. The van der Waals surface area contributed by atoms with Gasteiger partial charge in [-0.15, -0.1) is 0 Å². The van der Waals surface area contributed by atoms with Crippen LogP contribution >= 0.6 is 11.6 Å². The Hall–Kier alpha value is -2.05. The summed E-state index contributed by atoms with van der Waals surface area (Å²) in [4.78, 5) is 11.2. The van der Waals surface area contributed by atoms with Gasteiger partial charge in [0.05, 0.1) is 0 Å². The first-order valence-electron chi connectivity index (χ1n) is 7.83. The topological polar surface area (TPSA) is 80.2 Å². The summed E-state index contributed by atoms with van der Waals surface area (Å²) in [5.74, 6) is 1.74. The lowest BCUT2D eigenvalue weighted by Gasteiger charge is -2.24.